The predicted octanol–water partition coefficient (Wildman–Crippen LogP) is 3.19. The Morgan fingerprint density at radius 1 is 1.48 bits per heavy atom. The fourth-order valence-corrected chi connectivity index (χ4v) is 2.55. The standard InChI is InChI=1S/C14H14Cl2FN3O/c15-10-8-19-13(16)20-11(10)4-2-6-14(17)5-1-3-9(7-14)12(18)21/h1,3,5,8H,2,4,6-7H2,(H2,18,21). The summed E-state index contributed by atoms with van der Waals surface area (Å²) >= 11 is 11.7. The van der Waals surface area contributed by atoms with Gasteiger partial charge in [0.1, 0.15) is 5.67 Å². The van der Waals surface area contributed by atoms with Crippen molar-refractivity contribution >= 4 is 29.1 Å². The molecule has 1 atom stereocenters. The van der Waals surface area contributed by atoms with Gasteiger partial charge in [0, 0.05) is 12.0 Å². The van der Waals surface area contributed by atoms with Gasteiger partial charge in [-0.2, -0.15) is 0 Å². The van der Waals surface area contributed by atoms with Crippen LogP contribution in [0.15, 0.2) is 30.0 Å². The summed E-state index contributed by atoms with van der Waals surface area (Å²) in [5, 5.41) is 0.519. The van der Waals surface area contributed by atoms with E-state index in [9.17, 15) is 9.18 Å². The summed E-state index contributed by atoms with van der Waals surface area (Å²) < 4.78 is 14.6. The van der Waals surface area contributed by atoms with Crippen LogP contribution < -0.4 is 5.73 Å². The molecule has 7 heteroatoms. The highest BCUT2D eigenvalue weighted by Gasteiger charge is 2.30. The fraction of sp³-hybridized carbons (Fsp3) is 0.357. The molecular weight excluding hydrogens is 316 g/mol. The number of hydrogen-bond acceptors (Lipinski definition) is 3. The van der Waals surface area contributed by atoms with Crippen LogP contribution in [0.5, 0.6) is 0 Å². The molecule has 0 aromatic carbocycles. The number of amides is 1. The molecule has 1 aromatic heterocycles. The first kappa shape index (κ1) is 15.9. The topological polar surface area (TPSA) is 68.9 Å². The second-order valence-electron chi connectivity index (χ2n) is 4.91. The minimum atomic E-state index is -1.57. The Balaban J connectivity index is 1.94. The van der Waals surface area contributed by atoms with Crippen molar-refractivity contribution in [2.24, 2.45) is 5.73 Å². The van der Waals surface area contributed by atoms with Crippen molar-refractivity contribution in [3.05, 3.63) is 46.0 Å². The molecular formula is C14H14Cl2FN3O. The van der Waals surface area contributed by atoms with E-state index < -0.39 is 11.6 Å². The summed E-state index contributed by atoms with van der Waals surface area (Å²) in [4.78, 5) is 18.9. The van der Waals surface area contributed by atoms with Crippen LogP contribution in [0, 0.1) is 0 Å². The van der Waals surface area contributed by atoms with Crippen LogP contribution >= 0.6 is 23.2 Å². The number of hydrogen-bond donors (Lipinski definition) is 1. The Hall–Kier alpha value is -1.46. The number of primary amides is 1. The summed E-state index contributed by atoms with van der Waals surface area (Å²) in [5.41, 5.74) is 4.50. The molecule has 112 valence electrons. The van der Waals surface area contributed by atoms with Gasteiger partial charge in [-0.15, -0.1) is 0 Å². The molecule has 0 radical (unpaired) electrons. The molecule has 0 bridgehead atoms. The number of carbonyl (C=O) groups is 1. The van der Waals surface area contributed by atoms with Gasteiger partial charge in [0.05, 0.1) is 16.9 Å². The number of allylic oxidation sites excluding steroid dienone is 3. The lowest BCUT2D eigenvalue weighted by Gasteiger charge is -2.24. The van der Waals surface area contributed by atoms with Crippen molar-refractivity contribution < 1.29 is 9.18 Å². The Labute approximate surface area is 131 Å². The van der Waals surface area contributed by atoms with Crippen LogP contribution in [-0.2, 0) is 11.2 Å². The maximum atomic E-state index is 14.6. The quantitative estimate of drug-likeness (QED) is 0.843. The SMILES string of the molecule is NC(=O)C1=CC=CC(F)(CCCc2nc(Cl)ncc2Cl)C1. The van der Waals surface area contributed by atoms with Gasteiger partial charge < -0.3 is 5.73 Å². The van der Waals surface area contributed by atoms with Crippen molar-refractivity contribution in [2.45, 2.75) is 31.4 Å². The highest BCUT2D eigenvalue weighted by molar-refractivity contribution is 6.31. The molecule has 1 amide bonds. The molecule has 21 heavy (non-hydrogen) atoms. The van der Waals surface area contributed by atoms with Gasteiger partial charge in [0.25, 0.3) is 0 Å². The first-order valence-electron chi connectivity index (χ1n) is 6.44. The summed E-state index contributed by atoms with van der Waals surface area (Å²) in [6, 6.07) is 0. The average molecular weight is 330 g/mol. The third kappa shape index (κ3) is 4.25. The Bertz CT molecular complexity index is 618. The zero-order valence-corrected chi connectivity index (χ0v) is 12.7. The average Bonchev–Trinajstić information content (AvgIpc) is 2.42. The second-order valence-corrected chi connectivity index (χ2v) is 5.66. The monoisotopic (exact) mass is 329 g/mol. The van der Waals surface area contributed by atoms with E-state index in [1.165, 1.54) is 18.3 Å². The minimum Gasteiger partial charge on any atom is -0.366 e. The van der Waals surface area contributed by atoms with Crippen molar-refractivity contribution in [1.29, 1.82) is 0 Å². The molecule has 0 fully saturated rings. The number of aryl methyl sites for hydroxylation is 1. The summed E-state index contributed by atoms with van der Waals surface area (Å²) in [6.45, 7) is 0. The van der Waals surface area contributed by atoms with Crippen LogP contribution in [0.1, 0.15) is 25.0 Å². The number of aromatic nitrogens is 2. The van der Waals surface area contributed by atoms with E-state index in [4.69, 9.17) is 28.9 Å². The first-order chi connectivity index (χ1) is 9.89. The van der Waals surface area contributed by atoms with Crippen LogP contribution in [0.4, 0.5) is 4.39 Å². The zero-order chi connectivity index (χ0) is 15.5. The van der Waals surface area contributed by atoms with Gasteiger partial charge in [-0.25, -0.2) is 14.4 Å². The molecule has 1 aliphatic carbocycles. The molecule has 1 heterocycles. The Morgan fingerprint density at radius 3 is 2.95 bits per heavy atom. The second kappa shape index (κ2) is 6.54. The van der Waals surface area contributed by atoms with Crippen LogP contribution in [0.3, 0.4) is 0 Å². The largest absolute Gasteiger partial charge is 0.366 e. The van der Waals surface area contributed by atoms with Gasteiger partial charge in [0.15, 0.2) is 0 Å². The van der Waals surface area contributed by atoms with Gasteiger partial charge in [-0.3, -0.25) is 4.79 Å². The van der Waals surface area contributed by atoms with Crippen molar-refractivity contribution in [3.63, 3.8) is 0 Å². The highest BCUT2D eigenvalue weighted by Crippen LogP contribution is 2.32. The number of alkyl halides is 1. The zero-order valence-electron chi connectivity index (χ0n) is 11.2. The molecule has 1 aromatic rings. The summed E-state index contributed by atoms with van der Waals surface area (Å²) in [7, 11) is 0. The highest BCUT2D eigenvalue weighted by atomic mass is 35.5. The number of nitrogens with zero attached hydrogens (tertiary/aromatic N) is 2. The molecule has 0 saturated carbocycles. The number of rotatable bonds is 5. The molecule has 1 aliphatic rings. The van der Waals surface area contributed by atoms with E-state index in [0.29, 0.717) is 29.1 Å². The number of halogens is 3. The van der Waals surface area contributed by atoms with Gasteiger partial charge in [-0.05, 0) is 36.9 Å². The molecule has 0 saturated heterocycles. The van der Waals surface area contributed by atoms with E-state index in [1.54, 1.807) is 6.08 Å². The van der Waals surface area contributed by atoms with Crippen LogP contribution in [0.2, 0.25) is 10.3 Å². The molecule has 2 N–H and O–H groups in total. The fourth-order valence-electron chi connectivity index (χ4n) is 2.22. The molecule has 1 unspecified atom stereocenters. The van der Waals surface area contributed by atoms with E-state index in [0.717, 1.165) is 0 Å². The van der Waals surface area contributed by atoms with E-state index >= 15 is 0 Å². The predicted molar refractivity (Wildman–Crippen MR) is 79.9 cm³/mol. The lowest BCUT2D eigenvalue weighted by Crippen LogP contribution is -2.27. The van der Waals surface area contributed by atoms with Crippen LogP contribution in [-0.4, -0.2) is 21.5 Å². The number of carbonyl (C=O) groups excluding carboxylic acids is 1. The summed E-state index contributed by atoms with van der Waals surface area (Å²) in [6.07, 6.45) is 7.18. The maximum absolute atomic E-state index is 14.6. The Kier molecular flexibility index (Phi) is 4.96. The van der Waals surface area contributed by atoms with E-state index in [-0.39, 0.29) is 18.1 Å². The molecule has 2 rings (SSSR count). The lowest BCUT2D eigenvalue weighted by atomic mass is 9.87. The molecule has 4 nitrogen and oxygen atoms in total. The van der Waals surface area contributed by atoms with E-state index in [2.05, 4.69) is 9.97 Å². The maximum Gasteiger partial charge on any atom is 0.244 e. The third-order valence-corrected chi connectivity index (χ3v) is 3.78. The molecule has 0 spiro atoms. The number of nitrogens with two attached hydrogens (primary N) is 1. The van der Waals surface area contributed by atoms with Crippen LogP contribution in [0.25, 0.3) is 0 Å². The van der Waals surface area contributed by atoms with Gasteiger partial charge >= 0.3 is 0 Å². The third-order valence-electron chi connectivity index (χ3n) is 3.29. The van der Waals surface area contributed by atoms with E-state index in [1.807, 2.05) is 0 Å². The van der Waals surface area contributed by atoms with Crippen molar-refractivity contribution in [3.8, 4) is 0 Å². The van der Waals surface area contributed by atoms with Crippen molar-refractivity contribution in [1.82, 2.24) is 9.97 Å². The smallest absolute Gasteiger partial charge is 0.244 e. The lowest BCUT2D eigenvalue weighted by molar-refractivity contribution is -0.115. The summed E-state index contributed by atoms with van der Waals surface area (Å²) in [5.74, 6) is -0.591. The first-order valence-corrected chi connectivity index (χ1v) is 7.19. The van der Waals surface area contributed by atoms with Gasteiger partial charge in [-0.1, -0.05) is 23.8 Å². The Morgan fingerprint density at radius 2 is 2.24 bits per heavy atom. The minimum absolute atomic E-state index is 0.00288. The van der Waals surface area contributed by atoms with Crippen molar-refractivity contribution in [2.75, 3.05) is 0 Å². The molecule has 0 aliphatic heterocycles. The van der Waals surface area contributed by atoms with Gasteiger partial charge in [0.2, 0.25) is 11.2 Å². The normalized spacial score (nSPS) is 21.2.